The summed E-state index contributed by atoms with van der Waals surface area (Å²) in [4.78, 5) is 6.67. The van der Waals surface area contributed by atoms with E-state index in [1.807, 2.05) is 12.1 Å². The van der Waals surface area contributed by atoms with Crippen molar-refractivity contribution < 1.29 is 0 Å². The highest BCUT2D eigenvalue weighted by molar-refractivity contribution is 6.30. The molecule has 0 saturated carbocycles. The summed E-state index contributed by atoms with van der Waals surface area (Å²) in [6, 6.07) is 4.27. The monoisotopic (exact) mass is 239 g/mol. The third kappa shape index (κ3) is 2.47. The van der Waals surface area contributed by atoms with Crippen molar-refractivity contribution in [3.05, 3.63) is 23.4 Å². The summed E-state index contributed by atoms with van der Waals surface area (Å²) in [6.07, 6.45) is 4.06. The number of piperidine rings is 1. The summed E-state index contributed by atoms with van der Waals surface area (Å²) >= 11 is 5.84. The Morgan fingerprint density at radius 3 is 3.00 bits per heavy atom. The van der Waals surface area contributed by atoms with Crippen molar-refractivity contribution in [3.63, 3.8) is 0 Å². The fourth-order valence-corrected chi connectivity index (χ4v) is 2.43. The van der Waals surface area contributed by atoms with Gasteiger partial charge in [0.15, 0.2) is 0 Å². The summed E-state index contributed by atoms with van der Waals surface area (Å²) in [6.45, 7) is 4.02. The predicted octanol–water partition coefficient (Wildman–Crippen LogP) is 2.30. The SMILES string of the molecule is CC1CCN(c2ccc(Cl)cn2)C(CN)C1. The zero-order valence-corrected chi connectivity index (χ0v) is 10.3. The smallest absolute Gasteiger partial charge is 0.128 e. The van der Waals surface area contributed by atoms with Gasteiger partial charge >= 0.3 is 0 Å². The van der Waals surface area contributed by atoms with Crippen LogP contribution < -0.4 is 10.6 Å². The number of nitrogens with two attached hydrogens (primary N) is 1. The highest BCUT2D eigenvalue weighted by Crippen LogP contribution is 2.26. The van der Waals surface area contributed by atoms with Gasteiger partial charge in [-0.15, -0.1) is 0 Å². The van der Waals surface area contributed by atoms with Crippen LogP contribution in [0.3, 0.4) is 0 Å². The number of aromatic nitrogens is 1. The van der Waals surface area contributed by atoms with Crippen LogP contribution in [0.1, 0.15) is 19.8 Å². The Bertz CT molecular complexity index is 339. The second-order valence-electron chi connectivity index (χ2n) is 4.55. The third-order valence-electron chi connectivity index (χ3n) is 3.26. The van der Waals surface area contributed by atoms with Gasteiger partial charge in [0.2, 0.25) is 0 Å². The molecule has 2 unspecified atom stereocenters. The Balaban J connectivity index is 2.15. The van der Waals surface area contributed by atoms with Gasteiger partial charge in [-0.2, -0.15) is 0 Å². The molecule has 3 nitrogen and oxygen atoms in total. The van der Waals surface area contributed by atoms with Gasteiger partial charge in [0.05, 0.1) is 5.02 Å². The van der Waals surface area contributed by atoms with E-state index in [-0.39, 0.29) is 0 Å². The highest BCUT2D eigenvalue weighted by atomic mass is 35.5. The fraction of sp³-hybridized carbons (Fsp3) is 0.583. The van der Waals surface area contributed by atoms with Gasteiger partial charge in [-0.05, 0) is 30.9 Å². The Kier molecular flexibility index (Phi) is 3.66. The lowest BCUT2D eigenvalue weighted by atomic mass is 9.92. The first-order valence-corrected chi connectivity index (χ1v) is 6.16. The average Bonchev–Trinajstić information content (AvgIpc) is 2.30. The second kappa shape index (κ2) is 5.02. The first-order valence-electron chi connectivity index (χ1n) is 5.79. The van der Waals surface area contributed by atoms with Crippen molar-refractivity contribution >= 4 is 17.4 Å². The summed E-state index contributed by atoms with van der Waals surface area (Å²) in [5.74, 6) is 1.75. The van der Waals surface area contributed by atoms with Crippen molar-refractivity contribution in [2.75, 3.05) is 18.0 Å². The van der Waals surface area contributed by atoms with Gasteiger partial charge in [0.1, 0.15) is 5.82 Å². The molecule has 0 aromatic carbocycles. The topological polar surface area (TPSA) is 42.2 Å². The molecule has 0 aliphatic carbocycles. The number of pyridine rings is 1. The van der Waals surface area contributed by atoms with E-state index in [1.54, 1.807) is 6.20 Å². The normalized spacial score (nSPS) is 25.8. The maximum atomic E-state index is 5.84. The van der Waals surface area contributed by atoms with Crippen LogP contribution in [0.25, 0.3) is 0 Å². The molecule has 16 heavy (non-hydrogen) atoms. The molecule has 0 bridgehead atoms. The number of hydrogen-bond donors (Lipinski definition) is 1. The van der Waals surface area contributed by atoms with E-state index in [0.717, 1.165) is 24.7 Å². The Morgan fingerprint density at radius 1 is 1.56 bits per heavy atom. The molecule has 2 atom stereocenters. The minimum Gasteiger partial charge on any atom is -0.352 e. The molecule has 88 valence electrons. The van der Waals surface area contributed by atoms with Crippen LogP contribution in [0, 0.1) is 5.92 Å². The number of anilines is 1. The molecule has 2 N–H and O–H groups in total. The number of nitrogens with zero attached hydrogens (tertiary/aromatic N) is 2. The van der Waals surface area contributed by atoms with Crippen LogP contribution in [0.15, 0.2) is 18.3 Å². The van der Waals surface area contributed by atoms with E-state index in [2.05, 4.69) is 16.8 Å². The molecular weight excluding hydrogens is 222 g/mol. The van der Waals surface area contributed by atoms with E-state index in [4.69, 9.17) is 17.3 Å². The highest BCUT2D eigenvalue weighted by Gasteiger charge is 2.25. The Morgan fingerprint density at radius 2 is 2.38 bits per heavy atom. The van der Waals surface area contributed by atoms with Crippen LogP contribution in [-0.2, 0) is 0 Å². The molecule has 0 amide bonds. The molecule has 0 radical (unpaired) electrons. The summed E-state index contributed by atoms with van der Waals surface area (Å²) in [5, 5.41) is 0.679. The first-order chi connectivity index (χ1) is 7.70. The van der Waals surface area contributed by atoms with Gasteiger partial charge in [0.25, 0.3) is 0 Å². The molecule has 2 heterocycles. The number of rotatable bonds is 2. The zero-order chi connectivity index (χ0) is 11.5. The van der Waals surface area contributed by atoms with E-state index >= 15 is 0 Å². The maximum Gasteiger partial charge on any atom is 0.128 e. The van der Waals surface area contributed by atoms with Gasteiger partial charge in [-0.1, -0.05) is 18.5 Å². The van der Waals surface area contributed by atoms with E-state index in [9.17, 15) is 0 Å². The molecule has 1 fully saturated rings. The van der Waals surface area contributed by atoms with Crippen molar-refractivity contribution in [2.24, 2.45) is 11.7 Å². The van der Waals surface area contributed by atoms with E-state index in [0.29, 0.717) is 17.6 Å². The van der Waals surface area contributed by atoms with Crippen LogP contribution in [0.2, 0.25) is 5.02 Å². The largest absolute Gasteiger partial charge is 0.352 e. The van der Waals surface area contributed by atoms with Crippen molar-refractivity contribution in [3.8, 4) is 0 Å². The Labute approximate surface area is 102 Å². The quantitative estimate of drug-likeness (QED) is 0.861. The third-order valence-corrected chi connectivity index (χ3v) is 3.48. The fourth-order valence-electron chi connectivity index (χ4n) is 2.31. The molecule has 1 saturated heterocycles. The van der Waals surface area contributed by atoms with Crippen LogP contribution in [0.5, 0.6) is 0 Å². The van der Waals surface area contributed by atoms with Gasteiger partial charge in [-0.25, -0.2) is 4.98 Å². The molecule has 1 aromatic heterocycles. The predicted molar refractivity (Wildman–Crippen MR) is 67.8 cm³/mol. The van der Waals surface area contributed by atoms with Crippen LogP contribution >= 0.6 is 11.6 Å². The number of hydrogen-bond acceptors (Lipinski definition) is 3. The molecule has 0 spiro atoms. The van der Waals surface area contributed by atoms with Gasteiger partial charge in [0, 0.05) is 25.3 Å². The van der Waals surface area contributed by atoms with Gasteiger partial charge < -0.3 is 10.6 Å². The maximum absolute atomic E-state index is 5.84. The van der Waals surface area contributed by atoms with Crippen molar-refractivity contribution in [1.29, 1.82) is 0 Å². The lowest BCUT2D eigenvalue weighted by molar-refractivity contribution is 0.365. The van der Waals surface area contributed by atoms with Crippen molar-refractivity contribution in [1.82, 2.24) is 4.98 Å². The standard InChI is InChI=1S/C12H18ClN3/c1-9-4-5-16(11(6-9)7-14)12-3-2-10(13)8-15-12/h2-3,8-9,11H,4-7,14H2,1H3. The summed E-state index contributed by atoms with van der Waals surface area (Å²) in [5.41, 5.74) is 5.83. The summed E-state index contributed by atoms with van der Waals surface area (Å²) < 4.78 is 0. The number of halogens is 1. The Hall–Kier alpha value is -0.800. The van der Waals surface area contributed by atoms with Crippen LogP contribution in [-0.4, -0.2) is 24.1 Å². The van der Waals surface area contributed by atoms with E-state index < -0.39 is 0 Å². The molecular formula is C12H18ClN3. The van der Waals surface area contributed by atoms with Gasteiger partial charge in [-0.3, -0.25) is 0 Å². The zero-order valence-electron chi connectivity index (χ0n) is 9.56. The first kappa shape index (κ1) is 11.7. The molecule has 1 aliphatic rings. The van der Waals surface area contributed by atoms with E-state index in [1.165, 1.54) is 6.42 Å². The minimum atomic E-state index is 0.414. The lowest BCUT2D eigenvalue weighted by Crippen LogP contribution is -2.46. The molecule has 1 aliphatic heterocycles. The van der Waals surface area contributed by atoms with Crippen LogP contribution in [0.4, 0.5) is 5.82 Å². The molecule has 2 rings (SSSR count). The summed E-state index contributed by atoms with van der Waals surface area (Å²) in [7, 11) is 0. The average molecular weight is 240 g/mol. The minimum absolute atomic E-state index is 0.414. The lowest BCUT2D eigenvalue weighted by Gasteiger charge is -2.38. The second-order valence-corrected chi connectivity index (χ2v) is 4.98. The molecule has 1 aromatic rings. The molecule has 4 heteroatoms. The van der Waals surface area contributed by atoms with Crippen molar-refractivity contribution in [2.45, 2.75) is 25.8 Å².